The molecule has 0 spiro atoms. The van der Waals surface area contributed by atoms with Crippen LogP contribution in [0, 0.1) is 5.92 Å². The molecule has 6 nitrogen and oxygen atoms in total. The molecule has 0 aliphatic carbocycles. The minimum atomic E-state index is -1.13. The molecule has 28 heavy (non-hydrogen) atoms. The molecule has 1 aromatic rings. The third-order valence-corrected chi connectivity index (χ3v) is 4.80. The molecule has 1 unspecified atom stereocenters. The zero-order chi connectivity index (χ0) is 21.6. The number of hydrogen-bond acceptors (Lipinski definition) is 5. The fourth-order valence-electron chi connectivity index (χ4n) is 2.92. The van der Waals surface area contributed by atoms with E-state index in [-0.39, 0.29) is 11.8 Å². The van der Waals surface area contributed by atoms with Gasteiger partial charge in [0.15, 0.2) is 17.3 Å². The SMILES string of the molecule is CCC(C(=O)O)C(=O)C=Cc1cc(OC)c(C(C)(C)C)c(OC)c1O[Si](C)C. The monoisotopic (exact) mass is 407 g/mol. The van der Waals surface area contributed by atoms with Crippen molar-refractivity contribution >= 4 is 26.9 Å². The third kappa shape index (κ3) is 5.61. The molecule has 1 rings (SSSR count). The molecule has 0 bridgehead atoms. The molecule has 0 saturated carbocycles. The Hall–Kier alpha value is -2.28. The Balaban J connectivity index is 3.63. The lowest BCUT2D eigenvalue weighted by Crippen LogP contribution is -2.21. The van der Waals surface area contributed by atoms with Gasteiger partial charge in [0.2, 0.25) is 0 Å². The van der Waals surface area contributed by atoms with Crippen molar-refractivity contribution in [2.45, 2.75) is 52.6 Å². The van der Waals surface area contributed by atoms with Gasteiger partial charge in [-0.2, -0.15) is 0 Å². The first-order valence-electron chi connectivity index (χ1n) is 9.20. The van der Waals surface area contributed by atoms with Crippen LogP contribution < -0.4 is 13.9 Å². The zero-order valence-electron chi connectivity index (χ0n) is 18.0. The van der Waals surface area contributed by atoms with Crippen LogP contribution in [0.3, 0.4) is 0 Å². The van der Waals surface area contributed by atoms with Gasteiger partial charge in [0.05, 0.1) is 14.2 Å². The van der Waals surface area contributed by atoms with Gasteiger partial charge in [0.25, 0.3) is 9.04 Å². The van der Waals surface area contributed by atoms with Crippen molar-refractivity contribution in [3.05, 3.63) is 23.3 Å². The number of carboxylic acids is 1. The van der Waals surface area contributed by atoms with E-state index in [1.54, 1.807) is 33.3 Å². The third-order valence-electron chi connectivity index (χ3n) is 4.19. The van der Waals surface area contributed by atoms with E-state index >= 15 is 0 Å². The van der Waals surface area contributed by atoms with E-state index in [9.17, 15) is 14.7 Å². The van der Waals surface area contributed by atoms with Crippen molar-refractivity contribution in [2.24, 2.45) is 5.92 Å². The van der Waals surface area contributed by atoms with Crippen LogP contribution in [0.2, 0.25) is 13.1 Å². The summed E-state index contributed by atoms with van der Waals surface area (Å²) in [6, 6.07) is 1.80. The first-order chi connectivity index (χ1) is 13.0. The Morgan fingerprint density at radius 3 is 2.18 bits per heavy atom. The molecule has 155 valence electrons. The normalized spacial score (nSPS) is 12.9. The predicted molar refractivity (Wildman–Crippen MR) is 112 cm³/mol. The Labute approximate surface area is 169 Å². The maximum atomic E-state index is 12.3. The van der Waals surface area contributed by atoms with E-state index < -0.39 is 26.7 Å². The Morgan fingerprint density at radius 2 is 1.79 bits per heavy atom. The summed E-state index contributed by atoms with van der Waals surface area (Å²) in [4.78, 5) is 23.5. The minimum absolute atomic E-state index is 0.231. The van der Waals surface area contributed by atoms with E-state index in [0.717, 1.165) is 5.56 Å². The fraction of sp³-hybridized carbons (Fsp3) is 0.524. The number of methoxy groups -OCH3 is 2. The molecule has 0 fully saturated rings. The summed E-state index contributed by atoms with van der Waals surface area (Å²) in [5.74, 6) is -0.919. The molecule has 1 radical (unpaired) electrons. The van der Waals surface area contributed by atoms with Gasteiger partial charge in [-0.3, -0.25) is 9.59 Å². The van der Waals surface area contributed by atoms with Crippen LogP contribution in [0.25, 0.3) is 6.08 Å². The fourth-order valence-corrected chi connectivity index (χ4v) is 3.54. The highest BCUT2D eigenvalue weighted by atomic mass is 28.3. The Kier molecular flexibility index (Phi) is 8.29. The largest absolute Gasteiger partial charge is 0.540 e. The number of benzene rings is 1. The van der Waals surface area contributed by atoms with Gasteiger partial charge in [0, 0.05) is 11.1 Å². The predicted octanol–water partition coefficient (Wildman–Crippen LogP) is 4.32. The van der Waals surface area contributed by atoms with Gasteiger partial charge in [-0.1, -0.05) is 27.7 Å². The molecule has 7 heteroatoms. The Morgan fingerprint density at radius 1 is 1.18 bits per heavy atom. The number of hydrogen-bond donors (Lipinski definition) is 1. The standard InChI is InChI=1S/C21H31O6Si/c1-9-14(20(23)24)15(22)11-10-13-12-16(25-5)17(21(2,3)4)19(26-6)18(13)27-28(7)8/h10-12,14H,9H2,1-8H3,(H,23,24). The van der Waals surface area contributed by atoms with Gasteiger partial charge >= 0.3 is 5.97 Å². The molecule has 0 aliphatic heterocycles. The van der Waals surface area contributed by atoms with Crippen LogP contribution >= 0.6 is 0 Å². The van der Waals surface area contributed by atoms with Crippen molar-refractivity contribution < 1.29 is 28.6 Å². The average Bonchev–Trinajstić information content (AvgIpc) is 2.58. The Bertz CT molecular complexity index is 746. The first-order valence-corrected chi connectivity index (χ1v) is 11.6. The van der Waals surface area contributed by atoms with Gasteiger partial charge in [0.1, 0.15) is 11.7 Å². The van der Waals surface area contributed by atoms with E-state index in [0.29, 0.717) is 22.8 Å². The van der Waals surface area contributed by atoms with E-state index in [4.69, 9.17) is 13.9 Å². The summed E-state index contributed by atoms with van der Waals surface area (Å²) in [5.41, 5.74) is 1.22. The zero-order valence-corrected chi connectivity index (χ0v) is 19.0. The van der Waals surface area contributed by atoms with Crippen molar-refractivity contribution in [1.82, 2.24) is 0 Å². The molecular weight excluding hydrogens is 376 g/mol. The summed E-state index contributed by atoms with van der Waals surface area (Å²) in [6.07, 6.45) is 3.10. The number of allylic oxidation sites excluding steroid dienone is 1. The van der Waals surface area contributed by atoms with Gasteiger partial charge in [-0.25, -0.2) is 0 Å². The molecular formula is C21H31O6Si. The second-order valence-corrected chi connectivity index (χ2v) is 9.72. The number of aliphatic carboxylic acids is 1. The minimum Gasteiger partial charge on any atom is -0.540 e. The summed E-state index contributed by atoms with van der Waals surface area (Å²) in [7, 11) is 2.03. The van der Waals surface area contributed by atoms with Crippen LogP contribution in [-0.2, 0) is 15.0 Å². The highest BCUT2D eigenvalue weighted by Gasteiger charge is 2.29. The molecule has 0 amide bonds. The smallest absolute Gasteiger partial charge is 0.314 e. The quantitative estimate of drug-likeness (QED) is 0.373. The van der Waals surface area contributed by atoms with Crippen molar-refractivity contribution in [1.29, 1.82) is 0 Å². The lowest BCUT2D eigenvalue weighted by atomic mass is 9.84. The van der Waals surface area contributed by atoms with Crippen molar-refractivity contribution in [2.75, 3.05) is 14.2 Å². The number of carbonyl (C=O) groups excluding carboxylic acids is 1. The molecule has 1 aromatic carbocycles. The molecule has 0 aromatic heterocycles. The van der Waals surface area contributed by atoms with Crippen LogP contribution in [0.4, 0.5) is 0 Å². The topological polar surface area (TPSA) is 82.1 Å². The second-order valence-electron chi connectivity index (χ2n) is 7.70. The maximum Gasteiger partial charge on any atom is 0.314 e. The summed E-state index contributed by atoms with van der Waals surface area (Å²) in [5, 5.41) is 9.19. The van der Waals surface area contributed by atoms with E-state index in [2.05, 4.69) is 20.8 Å². The van der Waals surface area contributed by atoms with E-state index in [1.807, 2.05) is 13.1 Å². The number of rotatable bonds is 9. The van der Waals surface area contributed by atoms with Gasteiger partial charge in [-0.15, -0.1) is 0 Å². The molecule has 0 heterocycles. The maximum absolute atomic E-state index is 12.3. The van der Waals surface area contributed by atoms with Crippen LogP contribution in [0.1, 0.15) is 45.2 Å². The van der Waals surface area contributed by atoms with Crippen LogP contribution in [0.5, 0.6) is 17.2 Å². The number of carbonyl (C=O) groups is 2. The first kappa shape index (κ1) is 23.8. The van der Waals surface area contributed by atoms with Crippen LogP contribution in [0.15, 0.2) is 12.1 Å². The molecule has 1 atom stereocenters. The molecule has 0 saturated heterocycles. The summed E-state index contributed by atoms with van der Waals surface area (Å²) in [6.45, 7) is 11.8. The van der Waals surface area contributed by atoms with Crippen molar-refractivity contribution in [3.8, 4) is 17.2 Å². The van der Waals surface area contributed by atoms with Crippen molar-refractivity contribution in [3.63, 3.8) is 0 Å². The highest BCUT2D eigenvalue weighted by Crippen LogP contribution is 2.47. The second kappa shape index (κ2) is 9.77. The van der Waals surface area contributed by atoms with Gasteiger partial charge < -0.3 is 19.0 Å². The van der Waals surface area contributed by atoms with Crippen LogP contribution in [-0.4, -0.2) is 40.1 Å². The molecule has 0 aliphatic rings. The summed E-state index contributed by atoms with van der Waals surface area (Å²) >= 11 is 0. The number of ether oxygens (including phenoxy) is 2. The molecule has 1 N–H and O–H groups in total. The lowest BCUT2D eigenvalue weighted by molar-refractivity contribution is -0.145. The highest BCUT2D eigenvalue weighted by molar-refractivity contribution is 6.49. The lowest BCUT2D eigenvalue weighted by Gasteiger charge is -2.28. The number of ketones is 1. The average molecular weight is 408 g/mol. The van der Waals surface area contributed by atoms with Gasteiger partial charge in [-0.05, 0) is 43.1 Å². The number of carboxylic acid groups (broad SMARTS) is 1. The summed E-state index contributed by atoms with van der Waals surface area (Å²) < 4.78 is 17.4. The van der Waals surface area contributed by atoms with E-state index in [1.165, 1.54) is 6.08 Å².